The predicted octanol–water partition coefficient (Wildman–Crippen LogP) is 3.78. The smallest absolute Gasteiger partial charge is 0.233 e. The number of nitrogens with zero attached hydrogens (tertiary/aromatic N) is 5. The fourth-order valence-electron chi connectivity index (χ4n) is 5.56. The Kier molecular flexibility index (Phi) is 9.99. The molecule has 0 aliphatic carbocycles. The van der Waals surface area contributed by atoms with Crippen LogP contribution in [0.3, 0.4) is 0 Å². The molecule has 2 aliphatic rings. The van der Waals surface area contributed by atoms with Gasteiger partial charge >= 0.3 is 0 Å². The number of carbonyl (C=O) groups is 2. The van der Waals surface area contributed by atoms with E-state index in [0.717, 1.165) is 31.7 Å². The maximum atomic E-state index is 15.0. The van der Waals surface area contributed by atoms with Crippen molar-refractivity contribution in [3.8, 4) is 5.75 Å². The van der Waals surface area contributed by atoms with Crippen LogP contribution in [0.5, 0.6) is 5.75 Å². The summed E-state index contributed by atoms with van der Waals surface area (Å²) in [6.45, 7) is 8.04. The number of benzene rings is 2. The van der Waals surface area contributed by atoms with E-state index in [1.807, 2.05) is 35.2 Å². The standard InChI is InChI=1S/C33H39F2N5O3/c1-3-38(19-27-10-12-30(34)32(36-27)40-20-28(21-40)39-15-13-37(2)14-16-39)33(42)26(22-41)17-25-9-11-29(18-31(25)35)43-23-24-7-5-4-6-8-24/h4-12,18,22,26,28H,3,13-17,19-21,23H2,1-2H3. The Morgan fingerprint density at radius 1 is 1.05 bits per heavy atom. The van der Waals surface area contributed by atoms with Crippen molar-refractivity contribution in [2.75, 3.05) is 57.8 Å². The lowest BCUT2D eigenvalue weighted by Crippen LogP contribution is -2.63. The van der Waals surface area contributed by atoms with Crippen LogP contribution in [0.15, 0.2) is 60.7 Å². The molecule has 5 rings (SSSR count). The first kappa shape index (κ1) is 30.6. The molecule has 0 radical (unpaired) electrons. The molecule has 2 saturated heterocycles. The highest BCUT2D eigenvalue weighted by molar-refractivity contribution is 5.92. The van der Waals surface area contributed by atoms with Gasteiger partial charge in [0.2, 0.25) is 5.91 Å². The zero-order valence-electron chi connectivity index (χ0n) is 24.8. The average molecular weight is 592 g/mol. The fraction of sp³-hybridized carbons (Fsp3) is 0.424. The summed E-state index contributed by atoms with van der Waals surface area (Å²) in [6, 6.07) is 17.3. The van der Waals surface area contributed by atoms with Crippen LogP contribution in [0.1, 0.15) is 23.7 Å². The maximum absolute atomic E-state index is 15.0. The number of piperazine rings is 1. The molecule has 2 aliphatic heterocycles. The van der Waals surface area contributed by atoms with Gasteiger partial charge in [-0.1, -0.05) is 36.4 Å². The third-order valence-corrected chi connectivity index (χ3v) is 8.34. The summed E-state index contributed by atoms with van der Waals surface area (Å²) in [4.78, 5) is 38.1. The van der Waals surface area contributed by atoms with Gasteiger partial charge in [-0.15, -0.1) is 0 Å². The van der Waals surface area contributed by atoms with Crippen LogP contribution < -0.4 is 9.64 Å². The van der Waals surface area contributed by atoms with Crippen LogP contribution in [-0.4, -0.2) is 90.8 Å². The Labute approximate surface area is 251 Å². The van der Waals surface area contributed by atoms with Crippen molar-refractivity contribution in [3.63, 3.8) is 0 Å². The van der Waals surface area contributed by atoms with Crippen molar-refractivity contribution in [2.24, 2.45) is 5.92 Å². The molecule has 228 valence electrons. The lowest BCUT2D eigenvalue weighted by molar-refractivity contribution is -0.138. The zero-order chi connectivity index (χ0) is 30.3. The number of pyridine rings is 1. The van der Waals surface area contributed by atoms with Gasteiger partial charge in [-0.25, -0.2) is 13.8 Å². The van der Waals surface area contributed by atoms with Crippen LogP contribution in [-0.2, 0) is 29.2 Å². The quantitative estimate of drug-likeness (QED) is 0.235. The molecule has 2 aromatic carbocycles. The van der Waals surface area contributed by atoms with Gasteiger partial charge in [0.15, 0.2) is 11.6 Å². The van der Waals surface area contributed by atoms with Gasteiger partial charge in [0.25, 0.3) is 0 Å². The number of halogens is 2. The van der Waals surface area contributed by atoms with E-state index in [0.29, 0.717) is 50.0 Å². The van der Waals surface area contributed by atoms with Crippen LogP contribution in [0.4, 0.5) is 14.6 Å². The number of hydrogen-bond acceptors (Lipinski definition) is 7. The summed E-state index contributed by atoms with van der Waals surface area (Å²) in [5.41, 5.74) is 1.74. The molecule has 1 amide bonds. The van der Waals surface area contributed by atoms with E-state index in [1.165, 1.54) is 17.0 Å². The molecular formula is C33H39F2N5O3. The second-order valence-electron chi connectivity index (χ2n) is 11.3. The number of carbonyl (C=O) groups excluding carboxylic acids is 2. The lowest BCUT2D eigenvalue weighted by Gasteiger charge is -2.48. The Bertz CT molecular complexity index is 1390. The zero-order valence-corrected chi connectivity index (χ0v) is 24.8. The van der Waals surface area contributed by atoms with E-state index in [4.69, 9.17) is 4.74 Å². The van der Waals surface area contributed by atoms with Gasteiger partial charge in [-0.2, -0.15) is 0 Å². The van der Waals surface area contributed by atoms with E-state index in [9.17, 15) is 18.4 Å². The van der Waals surface area contributed by atoms with Gasteiger partial charge in [0.1, 0.15) is 24.5 Å². The van der Waals surface area contributed by atoms with Crippen molar-refractivity contribution < 1.29 is 23.1 Å². The lowest BCUT2D eigenvalue weighted by atomic mass is 9.98. The van der Waals surface area contributed by atoms with E-state index in [-0.39, 0.29) is 24.3 Å². The third-order valence-electron chi connectivity index (χ3n) is 8.34. The Balaban J connectivity index is 1.18. The number of aromatic nitrogens is 1. The second kappa shape index (κ2) is 14.1. The van der Waals surface area contributed by atoms with Gasteiger partial charge in [0.05, 0.1) is 18.2 Å². The monoisotopic (exact) mass is 591 g/mol. The van der Waals surface area contributed by atoms with Crippen molar-refractivity contribution >= 4 is 18.0 Å². The first-order chi connectivity index (χ1) is 20.8. The molecule has 3 aromatic rings. The number of likely N-dealkylation sites (N-methyl/N-ethyl adjacent to an activating group) is 1. The first-order valence-electron chi connectivity index (χ1n) is 14.9. The predicted molar refractivity (Wildman–Crippen MR) is 161 cm³/mol. The van der Waals surface area contributed by atoms with Gasteiger partial charge in [-0.3, -0.25) is 9.69 Å². The molecule has 1 unspecified atom stereocenters. The topological polar surface area (TPSA) is 69.2 Å². The minimum atomic E-state index is -1.06. The Hall–Kier alpha value is -3.89. The molecule has 10 heteroatoms. The minimum absolute atomic E-state index is 0.0762. The molecule has 1 atom stereocenters. The van der Waals surface area contributed by atoms with Gasteiger partial charge in [-0.05, 0) is 49.7 Å². The molecule has 43 heavy (non-hydrogen) atoms. The molecule has 8 nitrogen and oxygen atoms in total. The Morgan fingerprint density at radius 3 is 2.47 bits per heavy atom. The van der Waals surface area contributed by atoms with Crippen LogP contribution in [0.25, 0.3) is 0 Å². The molecule has 0 N–H and O–H groups in total. The van der Waals surface area contributed by atoms with E-state index in [1.54, 1.807) is 25.1 Å². The number of ether oxygens (including phenoxy) is 1. The van der Waals surface area contributed by atoms with E-state index >= 15 is 0 Å². The fourth-order valence-corrected chi connectivity index (χ4v) is 5.56. The van der Waals surface area contributed by atoms with Gasteiger partial charge in [0, 0.05) is 57.9 Å². The second-order valence-corrected chi connectivity index (χ2v) is 11.3. The number of hydrogen-bond donors (Lipinski definition) is 0. The summed E-state index contributed by atoms with van der Waals surface area (Å²) in [7, 11) is 2.12. The van der Waals surface area contributed by atoms with Crippen LogP contribution >= 0.6 is 0 Å². The highest BCUT2D eigenvalue weighted by Crippen LogP contribution is 2.26. The van der Waals surface area contributed by atoms with Crippen molar-refractivity contribution in [3.05, 3.63) is 89.1 Å². The van der Waals surface area contributed by atoms with Crippen LogP contribution in [0.2, 0.25) is 0 Å². The van der Waals surface area contributed by atoms with E-state index in [2.05, 4.69) is 21.8 Å². The molecule has 2 fully saturated rings. The maximum Gasteiger partial charge on any atom is 0.233 e. The number of amides is 1. The minimum Gasteiger partial charge on any atom is -0.489 e. The van der Waals surface area contributed by atoms with Crippen molar-refractivity contribution in [1.29, 1.82) is 0 Å². The highest BCUT2D eigenvalue weighted by Gasteiger charge is 2.35. The highest BCUT2D eigenvalue weighted by atomic mass is 19.1. The van der Waals surface area contributed by atoms with Crippen LogP contribution in [0, 0.1) is 17.6 Å². The summed E-state index contributed by atoms with van der Waals surface area (Å²) < 4.78 is 35.4. The summed E-state index contributed by atoms with van der Waals surface area (Å²) in [5.74, 6) is -1.77. The molecule has 0 bridgehead atoms. The molecule has 0 saturated carbocycles. The number of aldehydes is 1. The summed E-state index contributed by atoms with van der Waals surface area (Å²) >= 11 is 0. The van der Waals surface area contributed by atoms with Crippen molar-refractivity contribution in [2.45, 2.75) is 32.5 Å². The van der Waals surface area contributed by atoms with Gasteiger partial charge < -0.3 is 24.2 Å². The third kappa shape index (κ3) is 7.55. The van der Waals surface area contributed by atoms with E-state index < -0.39 is 23.5 Å². The average Bonchev–Trinajstić information content (AvgIpc) is 3.00. The largest absolute Gasteiger partial charge is 0.489 e. The molecule has 3 heterocycles. The number of anilines is 1. The first-order valence-corrected chi connectivity index (χ1v) is 14.9. The normalized spacial score (nSPS) is 16.9. The van der Waals surface area contributed by atoms with Crippen molar-refractivity contribution in [1.82, 2.24) is 19.7 Å². The molecule has 1 aromatic heterocycles. The molecule has 0 spiro atoms. The molecular weight excluding hydrogens is 552 g/mol. The SMILES string of the molecule is CCN(Cc1ccc(F)c(N2CC(N3CCN(C)CC3)C2)n1)C(=O)C(C=O)Cc1ccc(OCc2ccccc2)cc1F. The summed E-state index contributed by atoms with van der Waals surface area (Å²) in [6.07, 6.45) is 0.486. The summed E-state index contributed by atoms with van der Waals surface area (Å²) in [5, 5.41) is 0. The number of rotatable bonds is 12. The Morgan fingerprint density at radius 2 is 1.79 bits per heavy atom.